The van der Waals surface area contributed by atoms with Crippen molar-refractivity contribution in [2.24, 2.45) is 0 Å². The normalized spacial score (nSPS) is 9.20. The number of nitrogen functional groups attached to an aromatic ring is 1. The number of benzene rings is 1. The van der Waals surface area contributed by atoms with E-state index in [1.807, 2.05) is 0 Å². The zero-order chi connectivity index (χ0) is 7.56. The third kappa shape index (κ3) is 1.25. The summed E-state index contributed by atoms with van der Waals surface area (Å²) in [6, 6.07) is 5.85. The second kappa shape index (κ2) is 2.39. The van der Waals surface area contributed by atoms with E-state index >= 15 is 0 Å². The molecule has 1 rings (SSSR count). The van der Waals surface area contributed by atoms with Crippen LogP contribution in [0, 0.1) is 0 Å². The van der Waals surface area contributed by atoms with Gasteiger partial charge in [0.2, 0.25) is 0 Å². The Balaban J connectivity index is 3.00. The van der Waals surface area contributed by atoms with E-state index < -0.39 is 5.97 Å². The molecule has 0 aromatic heterocycles. The van der Waals surface area contributed by atoms with Crippen molar-refractivity contribution in [2.75, 3.05) is 5.73 Å². The van der Waals surface area contributed by atoms with Gasteiger partial charge in [-0.2, -0.15) is 0 Å². The van der Waals surface area contributed by atoms with Crippen molar-refractivity contribution in [3.8, 4) is 0 Å². The smallest absolute Gasteiger partial charge is 0.386 e. The molecule has 0 fully saturated rings. The molecule has 0 aliphatic rings. The molecule has 1 aromatic carbocycles. The van der Waals surface area contributed by atoms with Crippen molar-refractivity contribution in [3.05, 3.63) is 29.8 Å². The van der Waals surface area contributed by atoms with Crippen LogP contribution in [0.3, 0.4) is 0 Å². The molecule has 1 radical (unpaired) electrons. The summed E-state index contributed by atoms with van der Waals surface area (Å²) in [5, 5.41) is 10.2. The molecule has 3 nitrogen and oxygen atoms in total. The first kappa shape index (κ1) is 6.61. The Morgan fingerprint density at radius 2 is 1.70 bits per heavy atom. The number of hydrogen-bond donors (Lipinski definition) is 1. The first-order valence-electron chi connectivity index (χ1n) is 2.77. The van der Waals surface area contributed by atoms with Gasteiger partial charge in [0, 0.05) is 5.69 Å². The summed E-state index contributed by atoms with van der Waals surface area (Å²) < 4.78 is 0. The van der Waals surface area contributed by atoms with Crippen LogP contribution in [0.15, 0.2) is 24.3 Å². The average Bonchev–Trinajstić information content (AvgIpc) is 1.88. The molecular formula is C7H6NO2. The van der Waals surface area contributed by atoms with Gasteiger partial charge in [-0.15, -0.1) is 0 Å². The molecule has 3 heteroatoms. The highest BCUT2D eigenvalue weighted by atomic mass is 16.4. The second-order valence-electron chi connectivity index (χ2n) is 1.91. The fourth-order valence-corrected chi connectivity index (χ4v) is 0.619. The summed E-state index contributed by atoms with van der Waals surface area (Å²) in [6.07, 6.45) is 0. The third-order valence-corrected chi connectivity index (χ3v) is 1.15. The fraction of sp³-hybridized carbons (Fsp3) is 0. The summed E-state index contributed by atoms with van der Waals surface area (Å²) in [5.74, 6) is -1.18. The molecule has 0 saturated heterocycles. The lowest BCUT2D eigenvalue weighted by atomic mass is 10.2. The van der Waals surface area contributed by atoms with E-state index in [1.54, 1.807) is 0 Å². The van der Waals surface area contributed by atoms with Gasteiger partial charge >= 0.3 is 5.97 Å². The van der Waals surface area contributed by atoms with E-state index in [4.69, 9.17) is 5.73 Å². The zero-order valence-electron chi connectivity index (χ0n) is 5.20. The molecule has 0 heterocycles. The number of anilines is 1. The molecule has 0 atom stereocenters. The van der Waals surface area contributed by atoms with Gasteiger partial charge < -0.3 is 5.73 Å². The van der Waals surface area contributed by atoms with Crippen LogP contribution in [0.2, 0.25) is 0 Å². The Morgan fingerprint density at radius 3 is 2.10 bits per heavy atom. The van der Waals surface area contributed by atoms with Gasteiger partial charge in [0.1, 0.15) is 0 Å². The monoisotopic (exact) mass is 136 g/mol. The van der Waals surface area contributed by atoms with Gasteiger partial charge in [0.05, 0.1) is 5.56 Å². The molecule has 2 N–H and O–H groups in total. The quantitative estimate of drug-likeness (QED) is 0.581. The van der Waals surface area contributed by atoms with E-state index in [1.165, 1.54) is 24.3 Å². The maximum absolute atomic E-state index is 10.2. The third-order valence-electron chi connectivity index (χ3n) is 1.15. The van der Waals surface area contributed by atoms with Gasteiger partial charge in [0.15, 0.2) is 0 Å². The van der Waals surface area contributed by atoms with E-state index in [0.29, 0.717) is 5.69 Å². The highest BCUT2D eigenvalue weighted by molar-refractivity contribution is 5.87. The van der Waals surface area contributed by atoms with Crippen LogP contribution < -0.4 is 5.73 Å². The van der Waals surface area contributed by atoms with Crippen molar-refractivity contribution in [1.29, 1.82) is 0 Å². The maximum atomic E-state index is 10.2. The van der Waals surface area contributed by atoms with Crippen molar-refractivity contribution in [2.45, 2.75) is 0 Å². The molecule has 10 heavy (non-hydrogen) atoms. The summed E-state index contributed by atoms with van der Waals surface area (Å²) in [6.45, 7) is 0. The van der Waals surface area contributed by atoms with E-state index in [-0.39, 0.29) is 5.56 Å². The Morgan fingerprint density at radius 1 is 1.20 bits per heavy atom. The number of nitrogens with two attached hydrogens (primary N) is 1. The van der Waals surface area contributed by atoms with Crippen molar-refractivity contribution >= 4 is 11.7 Å². The number of rotatable bonds is 1. The van der Waals surface area contributed by atoms with E-state index in [2.05, 4.69) is 0 Å². The van der Waals surface area contributed by atoms with Crippen LogP contribution in [-0.4, -0.2) is 5.97 Å². The summed E-state index contributed by atoms with van der Waals surface area (Å²) >= 11 is 0. The first-order valence-corrected chi connectivity index (χ1v) is 2.77. The van der Waals surface area contributed by atoms with Crippen LogP contribution in [0.5, 0.6) is 0 Å². The second-order valence-corrected chi connectivity index (χ2v) is 1.91. The Kier molecular flexibility index (Phi) is 1.58. The van der Waals surface area contributed by atoms with Gasteiger partial charge in [0.25, 0.3) is 0 Å². The minimum Gasteiger partial charge on any atom is -0.399 e. The molecule has 0 aliphatic carbocycles. The Hall–Kier alpha value is -1.51. The lowest BCUT2D eigenvalue weighted by molar-refractivity contribution is 0.0573. The highest BCUT2D eigenvalue weighted by Crippen LogP contribution is 2.04. The van der Waals surface area contributed by atoms with Crippen molar-refractivity contribution < 1.29 is 9.90 Å². The molecule has 0 bridgehead atoms. The van der Waals surface area contributed by atoms with Gasteiger partial charge in [-0.25, -0.2) is 9.90 Å². The Labute approximate surface area is 58.1 Å². The van der Waals surface area contributed by atoms with Crippen LogP contribution in [0.4, 0.5) is 5.69 Å². The summed E-state index contributed by atoms with van der Waals surface area (Å²) in [5.41, 5.74) is 6.01. The first-order chi connectivity index (χ1) is 4.70. The maximum Gasteiger partial charge on any atom is 0.386 e. The lowest BCUT2D eigenvalue weighted by Gasteiger charge is -1.91. The van der Waals surface area contributed by atoms with Crippen molar-refractivity contribution in [1.82, 2.24) is 0 Å². The van der Waals surface area contributed by atoms with Crippen LogP contribution >= 0.6 is 0 Å². The van der Waals surface area contributed by atoms with E-state index in [0.717, 1.165) is 0 Å². The number of hydrogen-bond acceptors (Lipinski definition) is 2. The molecule has 0 saturated carbocycles. The molecule has 1 aromatic rings. The van der Waals surface area contributed by atoms with E-state index in [9.17, 15) is 9.90 Å². The van der Waals surface area contributed by atoms with Gasteiger partial charge in [-0.3, -0.25) is 0 Å². The average molecular weight is 136 g/mol. The SMILES string of the molecule is Nc1ccc(C([O])=O)cc1. The van der Waals surface area contributed by atoms with Crippen LogP contribution in [0.25, 0.3) is 0 Å². The zero-order valence-corrected chi connectivity index (χ0v) is 5.20. The summed E-state index contributed by atoms with van der Waals surface area (Å²) in [4.78, 5) is 10.2. The minimum atomic E-state index is -1.18. The van der Waals surface area contributed by atoms with Crippen molar-refractivity contribution in [3.63, 3.8) is 0 Å². The predicted molar refractivity (Wildman–Crippen MR) is 35.9 cm³/mol. The number of carbonyl (C=O) groups excluding carboxylic acids is 1. The van der Waals surface area contributed by atoms with Crippen LogP contribution in [0.1, 0.15) is 10.4 Å². The Bertz CT molecular complexity index is 240. The minimum absolute atomic E-state index is 0.147. The fourth-order valence-electron chi connectivity index (χ4n) is 0.619. The lowest BCUT2D eigenvalue weighted by Crippen LogP contribution is -1.93. The van der Waals surface area contributed by atoms with Crippen LogP contribution in [-0.2, 0) is 5.11 Å². The standard InChI is InChI=1S/C7H6NO2/c8-6-3-1-5(2-4-6)7(9)10/h1-4H,8H2. The largest absolute Gasteiger partial charge is 0.399 e. The highest BCUT2D eigenvalue weighted by Gasteiger charge is 2.01. The topological polar surface area (TPSA) is 63.0 Å². The summed E-state index contributed by atoms with van der Waals surface area (Å²) in [7, 11) is 0. The molecule has 0 unspecified atom stereocenters. The molecular weight excluding hydrogens is 130 g/mol. The molecule has 0 aliphatic heterocycles. The molecule has 0 spiro atoms. The van der Waals surface area contributed by atoms with Gasteiger partial charge in [-0.05, 0) is 24.3 Å². The molecule has 51 valence electrons. The number of carbonyl (C=O) groups is 1. The molecule has 0 amide bonds. The predicted octanol–water partition coefficient (Wildman–Crippen LogP) is 0.840. The van der Waals surface area contributed by atoms with Gasteiger partial charge in [-0.1, -0.05) is 0 Å².